The Hall–Kier alpha value is -3.95. The van der Waals surface area contributed by atoms with Crippen molar-refractivity contribution >= 4 is 11.4 Å². The lowest BCUT2D eigenvalue weighted by Gasteiger charge is -2.46. The molecule has 0 saturated heterocycles. The minimum atomic E-state index is -5.09. The van der Waals surface area contributed by atoms with Crippen LogP contribution in [-0.2, 0) is 6.54 Å². The number of ether oxygens (including phenoxy) is 2. The molecule has 0 saturated carbocycles. The first-order valence-electron chi connectivity index (χ1n) is 12.3. The van der Waals surface area contributed by atoms with Gasteiger partial charge in [-0.15, -0.1) is 13.2 Å². The second-order valence-corrected chi connectivity index (χ2v) is 9.47. The number of aliphatic hydroxyl groups excluding tert-OH is 1. The van der Waals surface area contributed by atoms with Crippen LogP contribution in [0.25, 0.3) is 0 Å². The molecule has 234 valence electrons. The Balaban J connectivity index is 1.78. The van der Waals surface area contributed by atoms with E-state index >= 15 is 0 Å². The highest BCUT2D eigenvalue weighted by Crippen LogP contribution is 2.44. The average molecular weight is 630 g/mol. The van der Waals surface area contributed by atoms with Crippen molar-refractivity contribution in [3.8, 4) is 11.5 Å². The molecule has 5 nitrogen and oxygen atoms in total. The summed E-state index contributed by atoms with van der Waals surface area (Å²) in [6, 6.07) is 10.8. The van der Waals surface area contributed by atoms with E-state index in [1.165, 1.54) is 23.1 Å². The first-order valence-corrected chi connectivity index (χ1v) is 12.3. The average Bonchev–Trinajstić information content (AvgIpc) is 2.88. The van der Waals surface area contributed by atoms with Crippen LogP contribution in [0.4, 0.5) is 59.7 Å². The number of benzene rings is 3. The number of hydrogen-bond donors (Lipinski definition) is 1. The predicted octanol–water partition coefficient (Wildman–Crippen LogP) is 7.45. The first kappa shape index (κ1) is 32.0. The Labute approximate surface area is 236 Å². The van der Waals surface area contributed by atoms with E-state index in [2.05, 4.69) is 9.47 Å². The number of rotatable bonds is 9. The topological polar surface area (TPSA) is 45.2 Å². The summed E-state index contributed by atoms with van der Waals surface area (Å²) in [6.07, 6.45) is -22.1. The molecule has 2 atom stereocenters. The molecule has 1 aliphatic heterocycles. The van der Waals surface area contributed by atoms with Gasteiger partial charge in [0.25, 0.3) is 0 Å². The molecule has 0 spiro atoms. The molecule has 0 bridgehead atoms. The van der Waals surface area contributed by atoms with Crippen LogP contribution in [0.5, 0.6) is 11.5 Å². The summed E-state index contributed by atoms with van der Waals surface area (Å²) in [4.78, 5) is 2.45. The van der Waals surface area contributed by atoms with Crippen molar-refractivity contribution in [2.45, 2.75) is 43.8 Å². The molecule has 3 aromatic carbocycles. The number of anilines is 2. The lowest BCUT2D eigenvalue weighted by molar-refractivity contribution is -0.274. The lowest BCUT2D eigenvalue weighted by atomic mass is 9.98. The number of hydrogen-bond acceptors (Lipinski definition) is 5. The highest BCUT2D eigenvalue weighted by molar-refractivity contribution is 5.75. The maximum absolute atomic E-state index is 14.4. The molecule has 0 fully saturated rings. The monoisotopic (exact) mass is 630 g/mol. The summed E-state index contributed by atoms with van der Waals surface area (Å²) in [5.41, 5.74) is 0.163. The van der Waals surface area contributed by atoms with Crippen molar-refractivity contribution in [1.29, 1.82) is 0 Å². The maximum atomic E-state index is 14.4. The fraction of sp³-hybridized carbons (Fsp3) is 0.333. The molecule has 1 aliphatic rings. The van der Waals surface area contributed by atoms with Crippen LogP contribution >= 0.6 is 0 Å². The molecule has 1 heterocycles. The number of alkyl halides is 10. The summed E-state index contributed by atoms with van der Waals surface area (Å²) in [7, 11) is 0. The first-order chi connectivity index (χ1) is 19.9. The van der Waals surface area contributed by atoms with Crippen LogP contribution in [-0.4, -0.2) is 49.4 Å². The van der Waals surface area contributed by atoms with Gasteiger partial charge in [0.1, 0.15) is 17.3 Å². The Kier molecular flexibility index (Phi) is 8.90. The summed E-state index contributed by atoms with van der Waals surface area (Å²) in [6.45, 7) is -1.65. The second kappa shape index (κ2) is 12.0. The van der Waals surface area contributed by atoms with Crippen molar-refractivity contribution in [3.63, 3.8) is 0 Å². The number of aliphatic hydroxyl groups is 1. The smallest absolute Gasteiger partial charge is 0.428 e. The third kappa shape index (κ3) is 7.91. The van der Waals surface area contributed by atoms with Gasteiger partial charge in [-0.25, -0.2) is 4.39 Å². The van der Waals surface area contributed by atoms with E-state index in [4.69, 9.17) is 0 Å². The van der Waals surface area contributed by atoms with Gasteiger partial charge in [-0.05, 0) is 53.6 Å². The van der Waals surface area contributed by atoms with Crippen LogP contribution in [0.3, 0.4) is 0 Å². The van der Waals surface area contributed by atoms with Gasteiger partial charge < -0.3 is 24.4 Å². The van der Waals surface area contributed by atoms with Gasteiger partial charge in [0.05, 0.1) is 24.0 Å². The summed E-state index contributed by atoms with van der Waals surface area (Å²) >= 11 is 0. The second-order valence-electron chi connectivity index (χ2n) is 9.47. The molecule has 0 radical (unpaired) electrons. The van der Waals surface area contributed by atoms with Gasteiger partial charge in [0, 0.05) is 13.1 Å². The molecule has 0 aromatic heterocycles. The van der Waals surface area contributed by atoms with Crippen molar-refractivity contribution in [2.24, 2.45) is 0 Å². The van der Waals surface area contributed by atoms with Gasteiger partial charge in [0.2, 0.25) is 0 Å². The fourth-order valence-electron chi connectivity index (χ4n) is 4.57. The van der Waals surface area contributed by atoms with E-state index in [1.807, 2.05) is 0 Å². The van der Waals surface area contributed by atoms with Gasteiger partial charge in [-0.2, -0.15) is 30.7 Å². The SMILES string of the molecule is O[C@H](CN1c2ccc(F)cc2N(Cc2cccc(OC(F)(F)F)c2)C[C@H]1c1cccc(OC(F)(F)C(F)F)c1)C(F)(F)F. The largest absolute Gasteiger partial charge is 0.573 e. The van der Waals surface area contributed by atoms with Crippen LogP contribution < -0.4 is 19.3 Å². The van der Waals surface area contributed by atoms with E-state index in [1.54, 1.807) is 0 Å². The molecular formula is C27H21F11N2O3. The van der Waals surface area contributed by atoms with Gasteiger partial charge in [-0.3, -0.25) is 0 Å². The minimum absolute atomic E-state index is 0.00408. The van der Waals surface area contributed by atoms with E-state index in [0.717, 1.165) is 53.4 Å². The van der Waals surface area contributed by atoms with Crippen LogP contribution in [0.1, 0.15) is 17.2 Å². The molecule has 0 amide bonds. The third-order valence-electron chi connectivity index (χ3n) is 6.36. The maximum Gasteiger partial charge on any atom is 0.573 e. The summed E-state index contributed by atoms with van der Waals surface area (Å²) in [5.74, 6) is -2.12. The van der Waals surface area contributed by atoms with Crippen molar-refractivity contribution in [2.75, 3.05) is 22.9 Å². The third-order valence-corrected chi connectivity index (χ3v) is 6.36. The normalized spacial score (nSPS) is 16.7. The van der Waals surface area contributed by atoms with Crippen molar-refractivity contribution < 1.29 is 62.9 Å². The van der Waals surface area contributed by atoms with E-state index in [-0.39, 0.29) is 35.6 Å². The van der Waals surface area contributed by atoms with Crippen molar-refractivity contribution in [3.05, 3.63) is 83.7 Å². The Morgan fingerprint density at radius 3 is 2.09 bits per heavy atom. The van der Waals surface area contributed by atoms with Crippen molar-refractivity contribution in [1.82, 2.24) is 0 Å². The molecule has 16 heteroatoms. The van der Waals surface area contributed by atoms with Gasteiger partial charge >= 0.3 is 25.1 Å². The number of halogens is 11. The Bertz CT molecular complexity index is 1420. The number of fused-ring (bicyclic) bond motifs is 1. The number of nitrogens with zero attached hydrogens (tertiary/aromatic N) is 2. The van der Waals surface area contributed by atoms with Crippen LogP contribution in [0.15, 0.2) is 66.7 Å². The summed E-state index contributed by atoms with van der Waals surface area (Å²) in [5, 5.41) is 9.91. The molecule has 4 rings (SSSR count). The Morgan fingerprint density at radius 1 is 0.814 bits per heavy atom. The summed E-state index contributed by atoms with van der Waals surface area (Å²) < 4.78 is 153. The van der Waals surface area contributed by atoms with E-state index < -0.39 is 61.1 Å². The molecule has 0 unspecified atom stereocenters. The number of β-amino-alcohol motifs (C(OH)–C–C–N with tert-alkyl or cyclic N) is 1. The van der Waals surface area contributed by atoms with Gasteiger partial charge in [0.15, 0.2) is 6.10 Å². The van der Waals surface area contributed by atoms with E-state index in [0.29, 0.717) is 0 Å². The highest BCUT2D eigenvalue weighted by Gasteiger charge is 2.45. The molecule has 1 N–H and O–H groups in total. The van der Waals surface area contributed by atoms with Gasteiger partial charge in [-0.1, -0.05) is 24.3 Å². The predicted molar refractivity (Wildman–Crippen MR) is 131 cm³/mol. The molecule has 0 aliphatic carbocycles. The molecule has 43 heavy (non-hydrogen) atoms. The van der Waals surface area contributed by atoms with Crippen LogP contribution in [0.2, 0.25) is 0 Å². The quantitative estimate of drug-likeness (QED) is 0.249. The lowest BCUT2D eigenvalue weighted by Crippen LogP contribution is -2.49. The standard InChI is InChI=1S/C27H21F11N2O3/c28-17-7-8-20-21(11-17)39(12-15-3-1-5-18(9-15)43-27(36,37)38)13-22(40(20)14-23(41)25(31,32)33)16-4-2-6-19(10-16)42-26(34,35)24(29)30/h1-11,22-24,41H,12-14H2/t22-,23+/m0/s1. The fourth-order valence-corrected chi connectivity index (χ4v) is 4.57. The zero-order valence-corrected chi connectivity index (χ0v) is 21.5. The zero-order chi connectivity index (χ0) is 31.7. The zero-order valence-electron chi connectivity index (χ0n) is 21.5. The minimum Gasteiger partial charge on any atom is -0.428 e. The van der Waals surface area contributed by atoms with Crippen LogP contribution in [0, 0.1) is 5.82 Å². The van der Waals surface area contributed by atoms with E-state index in [9.17, 15) is 53.4 Å². The molecular weight excluding hydrogens is 609 g/mol. The molecule has 3 aromatic rings. The Morgan fingerprint density at radius 2 is 1.47 bits per heavy atom. The highest BCUT2D eigenvalue weighted by atomic mass is 19.4.